The van der Waals surface area contributed by atoms with Gasteiger partial charge in [-0.3, -0.25) is 4.79 Å². The van der Waals surface area contributed by atoms with Crippen LogP contribution < -0.4 is 15.4 Å². The molecule has 0 aliphatic carbocycles. The van der Waals surface area contributed by atoms with Gasteiger partial charge in [0.2, 0.25) is 11.8 Å². The Bertz CT molecular complexity index is 640. The number of amides is 1. The van der Waals surface area contributed by atoms with E-state index in [1.807, 2.05) is 20.8 Å². The predicted octanol–water partition coefficient (Wildman–Crippen LogP) is 2.95. The lowest BCUT2D eigenvalue weighted by molar-refractivity contribution is -0.154. The number of ether oxygens (including phenoxy) is 1. The maximum Gasteiger partial charge on any atom is 0.422 e. The van der Waals surface area contributed by atoms with E-state index in [1.54, 1.807) is 17.0 Å². The second kappa shape index (κ2) is 14.2. The number of pyridine rings is 1. The number of aliphatic imine (C=N–C) groups is 1. The fraction of sp³-hybridized carbons (Fsp3) is 0.611. The van der Waals surface area contributed by atoms with Gasteiger partial charge in [-0.2, -0.15) is 13.2 Å². The molecule has 0 spiro atoms. The zero-order valence-corrected chi connectivity index (χ0v) is 19.2. The molecule has 1 heterocycles. The molecular formula is C18H29F3IN5O2. The van der Waals surface area contributed by atoms with E-state index in [1.165, 1.54) is 6.20 Å². The van der Waals surface area contributed by atoms with Crippen molar-refractivity contribution < 1.29 is 22.7 Å². The van der Waals surface area contributed by atoms with Crippen molar-refractivity contribution in [3.63, 3.8) is 0 Å². The number of carbonyl (C=O) groups excluding carboxylic acids is 1. The van der Waals surface area contributed by atoms with Crippen LogP contribution in [0.5, 0.6) is 5.88 Å². The number of guanidine groups is 1. The molecule has 0 unspecified atom stereocenters. The van der Waals surface area contributed by atoms with E-state index >= 15 is 0 Å². The minimum Gasteiger partial charge on any atom is -0.468 e. The molecule has 0 fully saturated rings. The first kappa shape index (κ1) is 27.2. The Kier molecular flexibility index (Phi) is 13.4. The first-order chi connectivity index (χ1) is 13.3. The SMILES string of the molecule is CCNC(=NCc1cccnc1OCC(F)(F)F)NCCC(=O)N(CC)CC.I. The number of hydrogen-bond donors (Lipinski definition) is 2. The van der Waals surface area contributed by atoms with Crippen molar-refractivity contribution >= 4 is 35.8 Å². The third-order valence-corrected chi connectivity index (χ3v) is 3.72. The van der Waals surface area contributed by atoms with Crippen LogP contribution in [0.4, 0.5) is 13.2 Å². The van der Waals surface area contributed by atoms with Crippen molar-refractivity contribution in [1.82, 2.24) is 20.5 Å². The zero-order chi connectivity index (χ0) is 21.0. The topological polar surface area (TPSA) is 78.9 Å². The molecule has 0 radical (unpaired) electrons. The summed E-state index contributed by atoms with van der Waals surface area (Å²) in [7, 11) is 0. The molecule has 0 aliphatic rings. The Morgan fingerprint density at radius 3 is 2.52 bits per heavy atom. The Labute approximate surface area is 186 Å². The molecule has 0 atom stereocenters. The Balaban J connectivity index is 0.00000784. The van der Waals surface area contributed by atoms with Crippen molar-refractivity contribution in [1.29, 1.82) is 0 Å². The number of hydrogen-bond acceptors (Lipinski definition) is 4. The van der Waals surface area contributed by atoms with E-state index in [0.717, 1.165) is 0 Å². The van der Waals surface area contributed by atoms with Gasteiger partial charge in [-0.05, 0) is 26.8 Å². The highest BCUT2D eigenvalue weighted by Gasteiger charge is 2.29. The number of aromatic nitrogens is 1. The molecular weight excluding hydrogens is 502 g/mol. The minimum atomic E-state index is -4.44. The molecule has 1 rings (SSSR count). The molecule has 11 heteroatoms. The summed E-state index contributed by atoms with van der Waals surface area (Å²) < 4.78 is 41.9. The molecule has 0 bridgehead atoms. The maximum atomic E-state index is 12.4. The standard InChI is InChI=1S/C18H28F3N5O2.HI/c1-4-22-17(24-11-9-15(27)26(5-2)6-3)25-12-14-8-7-10-23-16(14)28-13-18(19,20)21;/h7-8,10H,4-6,9,11-13H2,1-3H3,(H2,22,24,25);1H. The van der Waals surface area contributed by atoms with Crippen molar-refractivity contribution in [2.24, 2.45) is 4.99 Å². The summed E-state index contributed by atoms with van der Waals surface area (Å²) in [5.74, 6) is 0.403. The van der Waals surface area contributed by atoms with Crippen molar-refractivity contribution in [3.8, 4) is 5.88 Å². The van der Waals surface area contributed by atoms with Gasteiger partial charge in [-0.25, -0.2) is 9.98 Å². The number of halogens is 4. The number of alkyl halides is 3. The van der Waals surface area contributed by atoms with Gasteiger partial charge < -0.3 is 20.3 Å². The maximum absolute atomic E-state index is 12.4. The van der Waals surface area contributed by atoms with Gasteiger partial charge in [-0.1, -0.05) is 6.07 Å². The second-order valence-corrected chi connectivity index (χ2v) is 5.81. The van der Waals surface area contributed by atoms with Crippen LogP contribution in [0.15, 0.2) is 23.3 Å². The molecule has 166 valence electrons. The van der Waals surface area contributed by atoms with Gasteiger partial charge >= 0.3 is 6.18 Å². The quantitative estimate of drug-likeness (QED) is 0.276. The van der Waals surface area contributed by atoms with E-state index in [-0.39, 0.29) is 42.3 Å². The Morgan fingerprint density at radius 1 is 1.24 bits per heavy atom. The van der Waals surface area contributed by atoms with E-state index in [0.29, 0.717) is 44.1 Å². The lowest BCUT2D eigenvalue weighted by atomic mass is 10.3. The van der Waals surface area contributed by atoms with Crippen LogP contribution in [0.1, 0.15) is 32.8 Å². The molecule has 1 amide bonds. The van der Waals surface area contributed by atoms with Crippen LogP contribution in [0, 0.1) is 0 Å². The van der Waals surface area contributed by atoms with Crippen molar-refractivity contribution in [3.05, 3.63) is 23.9 Å². The minimum absolute atomic E-state index is 0. The first-order valence-electron chi connectivity index (χ1n) is 9.24. The summed E-state index contributed by atoms with van der Waals surface area (Å²) in [6.45, 7) is 6.72. The fourth-order valence-corrected chi connectivity index (χ4v) is 2.35. The average Bonchev–Trinajstić information content (AvgIpc) is 2.65. The number of rotatable bonds is 10. The van der Waals surface area contributed by atoms with Crippen LogP contribution in [-0.4, -0.2) is 60.7 Å². The third kappa shape index (κ3) is 11.1. The van der Waals surface area contributed by atoms with E-state index < -0.39 is 12.8 Å². The van der Waals surface area contributed by atoms with E-state index in [4.69, 9.17) is 4.74 Å². The molecule has 0 saturated heterocycles. The lowest BCUT2D eigenvalue weighted by Crippen LogP contribution is -2.40. The highest BCUT2D eigenvalue weighted by atomic mass is 127. The molecule has 0 aromatic carbocycles. The molecule has 1 aromatic heterocycles. The molecule has 7 nitrogen and oxygen atoms in total. The molecule has 1 aromatic rings. The number of carbonyl (C=O) groups is 1. The molecule has 2 N–H and O–H groups in total. The van der Waals surface area contributed by atoms with Gasteiger partial charge in [0.05, 0.1) is 6.54 Å². The summed E-state index contributed by atoms with van der Waals surface area (Å²) >= 11 is 0. The first-order valence-corrected chi connectivity index (χ1v) is 9.24. The third-order valence-electron chi connectivity index (χ3n) is 3.72. The van der Waals surface area contributed by atoms with Gasteiger partial charge in [0.1, 0.15) is 0 Å². The smallest absolute Gasteiger partial charge is 0.422 e. The van der Waals surface area contributed by atoms with E-state index in [2.05, 4.69) is 20.6 Å². The fourth-order valence-electron chi connectivity index (χ4n) is 2.35. The molecule has 0 saturated carbocycles. The number of nitrogens with zero attached hydrogens (tertiary/aromatic N) is 3. The van der Waals surface area contributed by atoms with Crippen LogP contribution >= 0.6 is 24.0 Å². The normalized spacial score (nSPS) is 11.4. The van der Waals surface area contributed by atoms with E-state index in [9.17, 15) is 18.0 Å². The van der Waals surface area contributed by atoms with Crippen LogP contribution in [0.3, 0.4) is 0 Å². The van der Waals surface area contributed by atoms with Crippen LogP contribution in [0.25, 0.3) is 0 Å². The van der Waals surface area contributed by atoms with Gasteiger partial charge in [0.25, 0.3) is 0 Å². The predicted molar refractivity (Wildman–Crippen MR) is 117 cm³/mol. The summed E-state index contributed by atoms with van der Waals surface area (Å²) in [6, 6.07) is 3.21. The highest BCUT2D eigenvalue weighted by Crippen LogP contribution is 2.20. The van der Waals surface area contributed by atoms with Gasteiger partial charge in [-0.15, -0.1) is 24.0 Å². The van der Waals surface area contributed by atoms with Crippen LogP contribution in [0.2, 0.25) is 0 Å². The number of nitrogens with one attached hydrogen (secondary N) is 2. The summed E-state index contributed by atoms with van der Waals surface area (Å²) in [6.07, 6.45) is -2.76. The largest absolute Gasteiger partial charge is 0.468 e. The second-order valence-electron chi connectivity index (χ2n) is 5.81. The average molecular weight is 531 g/mol. The summed E-state index contributed by atoms with van der Waals surface area (Å²) in [4.78, 5) is 22.0. The zero-order valence-electron chi connectivity index (χ0n) is 16.9. The van der Waals surface area contributed by atoms with Gasteiger partial charge in [0.15, 0.2) is 12.6 Å². The van der Waals surface area contributed by atoms with Crippen LogP contribution in [-0.2, 0) is 11.3 Å². The summed E-state index contributed by atoms with van der Waals surface area (Å²) in [5.41, 5.74) is 0.433. The van der Waals surface area contributed by atoms with Crippen molar-refractivity contribution in [2.75, 3.05) is 32.8 Å². The summed E-state index contributed by atoms with van der Waals surface area (Å²) in [5, 5.41) is 6.08. The highest BCUT2D eigenvalue weighted by molar-refractivity contribution is 14.0. The monoisotopic (exact) mass is 531 g/mol. The molecule has 0 aliphatic heterocycles. The van der Waals surface area contributed by atoms with Crippen molar-refractivity contribution in [2.45, 2.75) is 39.9 Å². The lowest BCUT2D eigenvalue weighted by Gasteiger charge is -2.19. The Morgan fingerprint density at radius 2 is 1.93 bits per heavy atom. The molecule has 29 heavy (non-hydrogen) atoms. The van der Waals surface area contributed by atoms with Gasteiger partial charge in [0, 0.05) is 44.4 Å². The Hall–Kier alpha value is -1.79.